The number of carbonyl (C=O) groups excluding carboxylic acids is 1. The molecule has 1 aromatic carbocycles. The second-order valence-corrected chi connectivity index (χ2v) is 5.35. The summed E-state index contributed by atoms with van der Waals surface area (Å²) in [5, 5.41) is 2.88. The molecule has 1 amide bonds. The van der Waals surface area contributed by atoms with Crippen molar-refractivity contribution in [1.29, 1.82) is 0 Å². The van der Waals surface area contributed by atoms with E-state index in [9.17, 15) is 4.79 Å². The Balaban J connectivity index is 2.28. The standard InChI is InChI=1S/C13H11BrClN3O/c1-7-2-8(14)4-10(3-7)18-13(19)11-5-9(16)6-17-12(11)15/h2-6H,16H2,1H3,(H,18,19). The number of nitrogen functional groups attached to an aromatic ring is 1. The van der Waals surface area contributed by atoms with Gasteiger partial charge < -0.3 is 11.1 Å². The summed E-state index contributed by atoms with van der Waals surface area (Å²) in [6, 6.07) is 7.11. The number of halogens is 2. The Hall–Kier alpha value is -1.59. The molecule has 0 radical (unpaired) electrons. The Morgan fingerprint density at radius 3 is 2.79 bits per heavy atom. The molecule has 0 bridgehead atoms. The van der Waals surface area contributed by atoms with Crippen molar-refractivity contribution in [2.75, 3.05) is 11.1 Å². The second-order valence-electron chi connectivity index (χ2n) is 4.08. The van der Waals surface area contributed by atoms with Gasteiger partial charge >= 0.3 is 0 Å². The van der Waals surface area contributed by atoms with E-state index in [1.54, 1.807) is 6.07 Å². The summed E-state index contributed by atoms with van der Waals surface area (Å²) in [5.74, 6) is -0.345. The summed E-state index contributed by atoms with van der Waals surface area (Å²) in [6.07, 6.45) is 1.41. The molecule has 0 aliphatic rings. The number of aryl methyl sites for hydroxylation is 1. The third-order valence-corrected chi connectivity index (χ3v) is 3.16. The number of carbonyl (C=O) groups is 1. The zero-order valence-electron chi connectivity index (χ0n) is 10.1. The van der Waals surface area contributed by atoms with E-state index in [0.29, 0.717) is 11.4 Å². The van der Waals surface area contributed by atoms with Crippen LogP contribution in [0.25, 0.3) is 0 Å². The zero-order valence-corrected chi connectivity index (χ0v) is 12.4. The number of amides is 1. The van der Waals surface area contributed by atoms with Gasteiger partial charge in [0.1, 0.15) is 5.15 Å². The van der Waals surface area contributed by atoms with Gasteiger partial charge in [-0.1, -0.05) is 27.5 Å². The van der Waals surface area contributed by atoms with Gasteiger partial charge in [-0.15, -0.1) is 0 Å². The molecular formula is C13H11BrClN3O. The number of hydrogen-bond acceptors (Lipinski definition) is 3. The van der Waals surface area contributed by atoms with Gasteiger partial charge in [-0.3, -0.25) is 4.79 Å². The Morgan fingerprint density at radius 1 is 1.37 bits per heavy atom. The Bertz CT molecular complexity index is 626. The lowest BCUT2D eigenvalue weighted by molar-refractivity contribution is 0.102. The van der Waals surface area contributed by atoms with E-state index < -0.39 is 0 Å². The number of aromatic nitrogens is 1. The number of rotatable bonds is 2. The average molecular weight is 341 g/mol. The van der Waals surface area contributed by atoms with Crippen molar-refractivity contribution >= 4 is 44.8 Å². The summed E-state index contributed by atoms with van der Waals surface area (Å²) < 4.78 is 0.889. The van der Waals surface area contributed by atoms with Gasteiger partial charge in [-0.25, -0.2) is 4.98 Å². The van der Waals surface area contributed by atoms with Crippen LogP contribution >= 0.6 is 27.5 Å². The van der Waals surface area contributed by atoms with E-state index in [0.717, 1.165) is 10.0 Å². The van der Waals surface area contributed by atoms with Crippen LogP contribution in [-0.4, -0.2) is 10.9 Å². The molecule has 0 saturated heterocycles. The van der Waals surface area contributed by atoms with Crippen molar-refractivity contribution in [3.63, 3.8) is 0 Å². The Morgan fingerprint density at radius 2 is 2.11 bits per heavy atom. The Kier molecular flexibility index (Phi) is 4.07. The van der Waals surface area contributed by atoms with Gasteiger partial charge in [0.25, 0.3) is 5.91 Å². The molecule has 4 nitrogen and oxygen atoms in total. The highest BCUT2D eigenvalue weighted by atomic mass is 79.9. The van der Waals surface area contributed by atoms with Gasteiger partial charge in [0.15, 0.2) is 0 Å². The molecule has 0 atom stereocenters. The zero-order chi connectivity index (χ0) is 14.0. The lowest BCUT2D eigenvalue weighted by Gasteiger charge is -2.08. The first kappa shape index (κ1) is 13.8. The van der Waals surface area contributed by atoms with E-state index in [4.69, 9.17) is 17.3 Å². The van der Waals surface area contributed by atoms with Crippen LogP contribution in [0.15, 0.2) is 34.9 Å². The van der Waals surface area contributed by atoms with Crippen molar-refractivity contribution in [3.8, 4) is 0 Å². The maximum atomic E-state index is 12.1. The second kappa shape index (κ2) is 5.59. The number of nitrogens with one attached hydrogen (secondary N) is 1. The third-order valence-electron chi connectivity index (χ3n) is 2.40. The summed E-state index contributed by atoms with van der Waals surface area (Å²) in [4.78, 5) is 16.0. The van der Waals surface area contributed by atoms with Crippen molar-refractivity contribution in [2.45, 2.75) is 6.92 Å². The van der Waals surface area contributed by atoms with Crippen molar-refractivity contribution in [1.82, 2.24) is 4.98 Å². The van der Waals surface area contributed by atoms with Gasteiger partial charge in [-0.05, 0) is 36.8 Å². The summed E-state index contributed by atoms with van der Waals surface area (Å²) in [6.45, 7) is 1.94. The minimum atomic E-state index is -0.345. The molecule has 19 heavy (non-hydrogen) atoms. The molecule has 1 heterocycles. The lowest BCUT2D eigenvalue weighted by Crippen LogP contribution is -2.13. The number of nitrogens with two attached hydrogens (primary N) is 1. The number of anilines is 2. The van der Waals surface area contributed by atoms with Crippen LogP contribution in [0, 0.1) is 6.92 Å². The number of pyridine rings is 1. The Labute approximate surface area is 124 Å². The summed E-state index contributed by atoms with van der Waals surface area (Å²) >= 11 is 9.26. The maximum absolute atomic E-state index is 12.1. The molecule has 2 aromatic rings. The van der Waals surface area contributed by atoms with E-state index in [1.165, 1.54) is 12.3 Å². The predicted octanol–water partition coefficient (Wildman–Crippen LogP) is 3.64. The topological polar surface area (TPSA) is 68.0 Å². The van der Waals surface area contributed by atoms with Crippen molar-refractivity contribution in [2.24, 2.45) is 0 Å². The molecule has 3 N–H and O–H groups in total. The van der Waals surface area contributed by atoms with E-state index in [1.807, 2.05) is 19.1 Å². The van der Waals surface area contributed by atoms with Crippen molar-refractivity contribution in [3.05, 3.63) is 51.2 Å². The average Bonchev–Trinajstić information content (AvgIpc) is 2.30. The number of hydrogen-bond donors (Lipinski definition) is 2. The van der Waals surface area contributed by atoms with Crippen LogP contribution in [-0.2, 0) is 0 Å². The van der Waals surface area contributed by atoms with Crippen molar-refractivity contribution < 1.29 is 4.79 Å². The van der Waals surface area contributed by atoms with Crippen LogP contribution in [0.3, 0.4) is 0 Å². The van der Waals surface area contributed by atoms with E-state index in [-0.39, 0.29) is 16.6 Å². The molecule has 6 heteroatoms. The first-order valence-electron chi connectivity index (χ1n) is 5.45. The molecule has 0 unspecified atom stereocenters. The fourth-order valence-electron chi connectivity index (χ4n) is 1.63. The number of nitrogens with zero attached hydrogens (tertiary/aromatic N) is 1. The van der Waals surface area contributed by atoms with Gasteiger partial charge in [0, 0.05) is 10.2 Å². The molecule has 0 aliphatic heterocycles. The smallest absolute Gasteiger partial charge is 0.258 e. The first-order chi connectivity index (χ1) is 8.95. The van der Waals surface area contributed by atoms with Crippen LogP contribution < -0.4 is 11.1 Å². The third kappa shape index (κ3) is 3.45. The molecule has 0 saturated carbocycles. The number of benzene rings is 1. The monoisotopic (exact) mass is 339 g/mol. The molecule has 98 valence electrons. The quantitative estimate of drug-likeness (QED) is 0.820. The van der Waals surface area contributed by atoms with E-state index >= 15 is 0 Å². The predicted molar refractivity (Wildman–Crippen MR) is 80.5 cm³/mol. The highest BCUT2D eigenvalue weighted by Gasteiger charge is 2.12. The normalized spacial score (nSPS) is 10.3. The van der Waals surface area contributed by atoms with Gasteiger partial charge in [0.05, 0.1) is 17.4 Å². The molecule has 0 aliphatic carbocycles. The molecule has 0 fully saturated rings. The summed E-state index contributed by atoms with van der Waals surface area (Å²) in [5.41, 5.74) is 7.94. The van der Waals surface area contributed by atoms with Crippen LogP contribution in [0.4, 0.5) is 11.4 Å². The summed E-state index contributed by atoms with van der Waals surface area (Å²) in [7, 11) is 0. The van der Waals surface area contributed by atoms with Crippen LogP contribution in [0.2, 0.25) is 5.15 Å². The SMILES string of the molecule is Cc1cc(Br)cc(NC(=O)c2cc(N)cnc2Cl)c1. The fourth-order valence-corrected chi connectivity index (χ4v) is 2.43. The highest BCUT2D eigenvalue weighted by Crippen LogP contribution is 2.21. The molecular weight excluding hydrogens is 330 g/mol. The molecule has 1 aromatic heterocycles. The minimum Gasteiger partial charge on any atom is -0.397 e. The first-order valence-corrected chi connectivity index (χ1v) is 6.62. The van der Waals surface area contributed by atoms with Gasteiger partial charge in [-0.2, -0.15) is 0 Å². The van der Waals surface area contributed by atoms with Gasteiger partial charge in [0.2, 0.25) is 0 Å². The fraction of sp³-hybridized carbons (Fsp3) is 0.0769. The highest BCUT2D eigenvalue weighted by molar-refractivity contribution is 9.10. The van der Waals surface area contributed by atoms with E-state index in [2.05, 4.69) is 26.2 Å². The molecule has 2 rings (SSSR count). The van der Waals surface area contributed by atoms with Crippen LogP contribution in [0.5, 0.6) is 0 Å². The lowest BCUT2D eigenvalue weighted by atomic mass is 10.2. The largest absolute Gasteiger partial charge is 0.397 e. The van der Waals surface area contributed by atoms with Crippen LogP contribution in [0.1, 0.15) is 15.9 Å². The minimum absolute atomic E-state index is 0.124. The maximum Gasteiger partial charge on any atom is 0.258 e. The molecule has 0 spiro atoms.